The zero-order valence-corrected chi connectivity index (χ0v) is 13.7. The van der Waals surface area contributed by atoms with Crippen LogP contribution >= 0.6 is 0 Å². The lowest BCUT2D eigenvalue weighted by molar-refractivity contribution is -0.137. The van der Waals surface area contributed by atoms with Gasteiger partial charge in [0.2, 0.25) is 0 Å². The Kier molecular flexibility index (Phi) is 3.22. The van der Waals surface area contributed by atoms with Crippen LogP contribution in [0.1, 0.15) is 27.2 Å². The highest BCUT2D eigenvalue weighted by molar-refractivity contribution is 6.03. The first-order chi connectivity index (χ1) is 11.8. The van der Waals surface area contributed by atoms with Crippen LogP contribution in [0.2, 0.25) is 0 Å². The molecule has 1 aliphatic heterocycles. The fraction of sp³-hybridized carbons (Fsp3) is 0.211. The Bertz CT molecular complexity index is 1000. The summed E-state index contributed by atoms with van der Waals surface area (Å²) in [7, 11) is 1.72. The normalized spacial score (nSPS) is 14.4. The largest absolute Gasteiger partial charge is 0.416 e. The summed E-state index contributed by atoms with van der Waals surface area (Å²) >= 11 is 0. The fourth-order valence-electron chi connectivity index (χ4n) is 3.44. The van der Waals surface area contributed by atoms with Crippen molar-refractivity contribution in [3.05, 3.63) is 65.0 Å². The number of nitrogens with zero attached hydrogens (tertiary/aromatic N) is 2. The lowest BCUT2D eigenvalue weighted by atomic mass is 10.00. The number of carbonyl (C=O) groups excluding carboxylic acids is 1. The Balaban J connectivity index is 1.97. The van der Waals surface area contributed by atoms with Gasteiger partial charge in [0, 0.05) is 30.9 Å². The predicted octanol–water partition coefficient (Wildman–Crippen LogP) is 4.52. The van der Waals surface area contributed by atoms with Gasteiger partial charge in [-0.25, -0.2) is 0 Å². The van der Waals surface area contributed by atoms with Gasteiger partial charge in [0.15, 0.2) is 0 Å². The summed E-state index contributed by atoms with van der Waals surface area (Å²) in [6, 6.07) is 8.99. The summed E-state index contributed by atoms with van der Waals surface area (Å²) in [5.74, 6) is -0.0768. The summed E-state index contributed by atoms with van der Waals surface area (Å²) in [5.41, 5.74) is 4.14. The van der Waals surface area contributed by atoms with E-state index in [1.54, 1.807) is 11.9 Å². The molecule has 0 unspecified atom stereocenters. The van der Waals surface area contributed by atoms with Crippen LogP contribution in [0.25, 0.3) is 16.6 Å². The minimum Gasteiger partial charge on any atom is -0.336 e. The maximum Gasteiger partial charge on any atom is 0.416 e. The van der Waals surface area contributed by atoms with Gasteiger partial charge in [0.1, 0.15) is 5.69 Å². The van der Waals surface area contributed by atoms with Crippen LogP contribution in [0.4, 0.5) is 13.2 Å². The molecule has 128 valence electrons. The number of hydrogen-bond acceptors (Lipinski definition) is 1. The minimum atomic E-state index is -4.36. The van der Waals surface area contributed by atoms with Gasteiger partial charge in [-0.15, -0.1) is 0 Å². The number of amides is 1. The quantitative estimate of drug-likeness (QED) is 0.637. The van der Waals surface area contributed by atoms with Gasteiger partial charge in [-0.2, -0.15) is 13.2 Å². The van der Waals surface area contributed by atoms with Crippen molar-refractivity contribution in [1.29, 1.82) is 0 Å². The third-order valence-electron chi connectivity index (χ3n) is 4.64. The van der Waals surface area contributed by atoms with Crippen LogP contribution in [-0.4, -0.2) is 22.3 Å². The fourth-order valence-corrected chi connectivity index (χ4v) is 3.44. The van der Waals surface area contributed by atoms with Crippen LogP contribution in [0.15, 0.2) is 42.6 Å². The number of benzene rings is 1. The standard InChI is InChI=1S/C19H15F3N2O/c1-11-7-8-24-15(9-11)16(14-10-23(2)18(25)17(14)24)12-3-5-13(6-4-12)19(20,21)22/h3-9H,10H2,1-2H3. The molecule has 0 saturated carbocycles. The summed E-state index contributed by atoms with van der Waals surface area (Å²) in [5, 5.41) is 0. The molecule has 4 rings (SSSR count). The molecule has 1 aliphatic rings. The molecule has 2 aromatic heterocycles. The van der Waals surface area contributed by atoms with Gasteiger partial charge in [-0.1, -0.05) is 12.1 Å². The van der Waals surface area contributed by atoms with E-state index >= 15 is 0 Å². The molecule has 6 heteroatoms. The van der Waals surface area contributed by atoms with Gasteiger partial charge < -0.3 is 9.30 Å². The molecule has 0 spiro atoms. The van der Waals surface area contributed by atoms with Crippen molar-refractivity contribution in [2.45, 2.75) is 19.6 Å². The highest BCUT2D eigenvalue weighted by Crippen LogP contribution is 2.39. The number of fused-ring (bicyclic) bond motifs is 3. The van der Waals surface area contributed by atoms with E-state index in [0.29, 0.717) is 17.8 Å². The molecule has 0 saturated heterocycles. The molecular weight excluding hydrogens is 329 g/mol. The number of halogens is 3. The highest BCUT2D eigenvalue weighted by Gasteiger charge is 2.34. The zero-order valence-electron chi connectivity index (χ0n) is 13.7. The Labute approximate surface area is 142 Å². The maximum atomic E-state index is 12.8. The molecule has 0 atom stereocenters. The molecular formula is C19H15F3N2O. The van der Waals surface area contributed by atoms with Crippen molar-refractivity contribution in [1.82, 2.24) is 9.30 Å². The number of aromatic nitrogens is 1. The summed E-state index contributed by atoms with van der Waals surface area (Å²) in [6.07, 6.45) is -2.52. The van der Waals surface area contributed by atoms with Crippen molar-refractivity contribution < 1.29 is 18.0 Å². The average Bonchev–Trinajstić information content (AvgIpc) is 3.00. The third kappa shape index (κ3) is 2.32. The number of carbonyl (C=O) groups is 1. The van der Waals surface area contributed by atoms with Crippen molar-refractivity contribution in [2.24, 2.45) is 0 Å². The van der Waals surface area contributed by atoms with E-state index in [1.165, 1.54) is 12.1 Å². The van der Waals surface area contributed by atoms with Crippen LogP contribution in [0.5, 0.6) is 0 Å². The molecule has 1 amide bonds. The first-order valence-electron chi connectivity index (χ1n) is 7.84. The summed E-state index contributed by atoms with van der Waals surface area (Å²) in [4.78, 5) is 14.1. The molecule has 0 aliphatic carbocycles. The van der Waals surface area contributed by atoms with E-state index in [-0.39, 0.29) is 5.91 Å². The maximum absolute atomic E-state index is 12.8. The Hall–Kier alpha value is -2.76. The molecule has 0 fully saturated rings. The molecule has 0 bridgehead atoms. The van der Waals surface area contributed by atoms with E-state index in [1.807, 2.05) is 29.7 Å². The molecule has 1 aromatic carbocycles. The SMILES string of the molecule is Cc1ccn2c3c(c(-c4ccc(C(F)(F)F)cc4)c2c1)CN(C)C3=O. The van der Waals surface area contributed by atoms with Crippen LogP contribution in [-0.2, 0) is 12.7 Å². The molecule has 3 heterocycles. The second-order valence-electron chi connectivity index (χ2n) is 6.40. The number of aryl methyl sites for hydroxylation is 1. The topological polar surface area (TPSA) is 24.7 Å². The number of alkyl halides is 3. The van der Waals surface area contributed by atoms with Gasteiger partial charge in [-0.05, 0) is 42.3 Å². The van der Waals surface area contributed by atoms with Crippen molar-refractivity contribution in [3.63, 3.8) is 0 Å². The second-order valence-corrected chi connectivity index (χ2v) is 6.40. The van der Waals surface area contributed by atoms with Crippen molar-refractivity contribution in [3.8, 4) is 11.1 Å². The average molecular weight is 344 g/mol. The van der Waals surface area contributed by atoms with Crippen molar-refractivity contribution >= 4 is 11.4 Å². The van der Waals surface area contributed by atoms with Crippen LogP contribution in [0, 0.1) is 6.92 Å². The predicted molar refractivity (Wildman–Crippen MR) is 88.4 cm³/mol. The number of rotatable bonds is 1. The Morgan fingerprint density at radius 2 is 1.76 bits per heavy atom. The van der Waals surface area contributed by atoms with E-state index in [0.717, 1.165) is 34.3 Å². The highest BCUT2D eigenvalue weighted by atomic mass is 19.4. The molecule has 0 N–H and O–H groups in total. The lowest BCUT2D eigenvalue weighted by Crippen LogP contribution is -2.19. The third-order valence-corrected chi connectivity index (χ3v) is 4.64. The smallest absolute Gasteiger partial charge is 0.336 e. The second kappa shape index (κ2) is 5.12. The van der Waals surface area contributed by atoms with E-state index < -0.39 is 11.7 Å². The Morgan fingerprint density at radius 3 is 2.40 bits per heavy atom. The van der Waals surface area contributed by atoms with Crippen LogP contribution < -0.4 is 0 Å². The molecule has 25 heavy (non-hydrogen) atoms. The van der Waals surface area contributed by atoms with E-state index in [9.17, 15) is 18.0 Å². The summed E-state index contributed by atoms with van der Waals surface area (Å²) < 4.78 is 40.3. The summed E-state index contributed by atoms with van der Waals surface area (Å²) in [6.45, 7) is 2.40. The van der Waals surface area contributed by atoms with Gasteiger partial charge in [-0.3, -0.25) is 4.79 Å². The van der Waals surface area contributed by atoms with Gasteiger partial charge >= 0.3 is 6.18 Å². The monoisotopic (exact) mass is 344 g/mol. The van der Waals surface area contributed by atoms with E-state index in [2.05, 4.69) is 0 Å². The van der Waals surface area contributed by atoms with Crippen molar-refractivity contribution in [2.75, 3.05) is 7.05 Å². The lowest BCUT2D eigenvalue weighted by Gasteiger charge is -2.12. The van der Waals surface area contributed by atoms with Crippen LogP contribution in [0.3, 0.4) is 0 Å². The van der Waals surface area contributed by atoms with Gasteiger partial charge in [0.05, 0.1) is 11.1 Å². The number of pyridine rings is 1. The first kappa shape index (κ1) is 15.7. The number of hydrogen-bond donors (Lipinski definition) is 0. The minimum absolute atomic E-state index is 0.0768. The first-order valence-corrected chi connectivity index (χ1v) is 7.84. The molecule has 0 radical (unpaired) electrons. The Morgan fingerprint density at radius 1 is 1.08 bits per heavy atom. The van der Waals surface area contributed by atoms with Gasteiger partial charge in [0.25, 0.3) is 5.91 Å². The molecule has 3 nitrogen and oxygen atoms in total. The van der Waals surface area contributed by atoms with E-state index in [4.69, 9.17) is 0 Å². The molecule has 3 aromatic rings. The zero-order chi connectivity index (χ0) is 17.9.